The Morgan fingerprint density at radius 3 is 2.36 bits per heavy atom. The Hall–Kier alpha value is -3.38. The van der Waals surface area contributed by atoms with E-state index in [9.17, 15) is 4.79 Å². The smallest absolute Gasteiger partial charge is 0.257 e. The first-order valence-corrected chi connectivity index (χ1v) is 8.93. The van der Waals surface area contributed by atoms with E-state index >= 15 is 0 Å². The molecule has 0 radical (unpaired) electrons. The Morgan fingerprint density at radius 1 is 1.04 bits per heavy atom. The fourth-order valence-corrected chi connectivity index (χ4v) is 2.49. The summed E-state index contributed by atoms with van der Waals surface area (Å²) in [6.45, 7) is 0.391. The lowest BCUT2D eigenvalue weighted by atomic mass is 10.2. The molecule has 0 aliphatic carbocycles. The molecule has 0 atom stereocenters. The van der Waals surface area contributed by atoms with E-state index in [1.807, 2.05) is 36.4 Å². The molecule has 0 aliphatic rings. The van der Waals surface area contributed by atoms with Crippen molar-refractivity contribution in [2.24, 2.45) is 4.99 Å². The third-order valence-electron chi connectivity index (χ3n) is 3.86. The number of ether oxygens (including phenoxy) is 1. The summed E-state index contributed by atoms with van der Waals surface area (Å²) in [6.07, 6.45) is 3.40. The minimum Gasteiger partial charge on any atom is -0.497 e. The molecule has 0 fully saturated rings. The van der Waals surface area contributed by atoms with E-state index in [1.54, 1.807) is 43.8 Å². The minimum atomic E-state index is -0.286. The largest absolute Gasteiger partial charge is 0.497 e. The van der Waals surface area contributed by atoms with Crippen LogP contribution in [0.25, 0.3) is 0 Å². The number of nitrogens with one attached hydrogen (secondary N) is 2. The SMILES string of the molecule is COc1ccc(NC(=NCc2ccncc2)NC(=O)c2ccc(Cl)cc2)cc1. The summed E-state index contributed by atoms with van der Waals surface area (Å²) in [6, 6.07) is 17.7. The number of halogens is 1. The van der Waals surface area contributed by atoms with Gasteiger partial charge < -0.3 is 10.1 Å². The number of rotatable bonds is 5. The molecule has 0 bridgehead atoms. The topological polar surface area (TPSA) is 75.6 Å². The maximum atomic E-state index is 12.6. The van der Waals surface area contributed by atoms with Crippen LogP contribution in [-0.2, 0) is 6.54 Å². The molecule has 3 aromatic rings. The van der Waals surface area contributed by atoms with E-state index in [2.05, 4.69) is 20.6 Å². The molecule has 28 heavy (non-hydrogen) atoms. The first kappa shape index (κ1) is 19.4. The molecule has 0 saturated heterocycles. The van der Waals surface area contributed by atoms with Gasteiger partial charge in [-0.05, 0) is 66.2 Å². The molecule has 0 saturated carbocycles. The van der Waals surface area contributed by atoms with Crippen molar-refractivity contribution in [3.8, 4) is 5.75 Å². The second-order valence-corrected chi connectivity index (χ2v) is 6.27. The van der Waals surface area contributed by atoms with E-state index < -0.39 is 0 Å². The Kier molecular flexibility index (Phi) is 6.59. The molecule has 0 aliphatic heterocycles. The van der Waals surface area contributed by atoms with Crippen molar-refractivity contribution < 1.29 is 9.53 Å². The first-order valence-electron chi connectivity index (χ1n) is 8.55. The van der Waals surface area contributed by atoms with Crippen LogP contribution in [-0.4, -0.2) is 24.0 Å². The highest BCUT2D eigenvalue weighted by Crippen LogP contribution is 2.15. The number of nitrogens with zero attached hydrogens (tertiary/aromatic N) is 2. The number of guanidine groups is 1. The molecular weight excluding hydrogens is 376 g/mol. The van der Waals surface area contributed by atoms with E-state index in [0.29, 0.717) is 23.1 Å². The summed E-state index contributed by atoms with van der Waals surface area (Å²) in [7, 11) is 1.61. The number of carbonyl (C=O) groups is 1. The van der Waals surface area contributed by atoms with Crippen LogP contribution in [0.5, 0.6) is 5.75 Å². The first-order chi connectivity index (χ1) is 13.6. The van der Waals surface area contributed by atoms with Crippen molar-refractivity contribution in [3.63, 3.8) is 0 Å². The Labute approximate surface area is 168 Å². The molecule has 1 aromatic heterocycles. The van der Waals surface area contributed by atoms with Crippen molar-refractivity contribution in [1.82, 2.24) is 10.3 Å². The molecule has 6 nitrogen and oxygen atoms in total. The quantitative estimate of drug-likeness (QED) is 0.503. The van der Waals surface area contributed by atoms with Crippen molar-refractivity contribution in [2.75, 3.05) is 12.4 Å². The predicted molar refractivity (Wildman–Crippen MR) is 111 cm³/mol. The van der Waals surface area contributed by atoms with Crippen LogP contribution >= 0.6 is 11.6 Å². The van der Waals surface area contributed by atoms with Gasteiger partial charge in [-0.1, -0.05) is 11.6 Å². The van der Waals surface area contributed by atoms with E-state index in [-0.39, 0.29) is 5.91 Å². The number of anilines is 1. The molecule has 1 heterocycles. The van der Waals surface area contributed by atoms with Gasteiger partial charge in [0, 0.05) is 28.7 Å². The number of aliphatic imine (C=N–C) groups is 1. The molecule has 2 N–H and O–H groups in total. The average molecular weight is 395 g/mol. The van der Waals surface area contributed by atoms with Gasteiger partial charge in [-0.25, -0.2) is 4.99 Å². The number of methoxy groups -OCH3 is 1. The maximum Gasteiger partial charge on any atom is 0.257 e. The van der Waals surface area contributed by atoms with Crippen LogP contribution in [0.1, 0.15) is 15.9 Å². The summed E-state index contributed by atoms with van der Waals surface area (Å²) in [5, 5.41) is 6.51. The zero-order valence-corrected chi connectivity index (χ0v) is 16.0. The minimum absolute atomic E-state index is 0.286. The van der Waals surface area contributed by atoms with Gasteiger partial charge in [-0.15, -0.1) is 0 Å². The van der Waals surface area contributed by atoms with Crippen LogP contribution in [0.4, 0.5) is 5.69 Å². The summed E-state index contributed by atoms with van der Waals surface area (Å²) >= 11 is 5.89. The van der Waals surface area contributed by atoms with Crippen LogP contribution in [0, 0.1) is 0 Å². The van der Waals surface area contributed by atoms with Gasteiger partial charge in [0.05, 0.1) is 13.7 Å². The van der Waals surface area contributed by atoms with Crippen LogP contribution in [0.3, 0.4) is 0 Å². The molecule has 0 unspecified atom stereocenters. The molecule has 1 amide bonds. The van der Waals surface area contributed by atoms with Crippen molar-refractivity contribution in [1.29, 1.82) is 0 Å². The summed E-state index contributed by atoms with van der Waals surface area (Å²) in [5.41, 5.74) is 2.23. The number of hydrogen-bond donors (Lipinski definition) is 2. The number of carbonyl (C=O) groups excluding carboxylic acids is 1. The fraction of sp³-hybridized carbons (Fsp3) is 0.0952. The van der Waals surface area contributed by atoms with Crippen molar-refractivity contribution in [2.45, 2.75) is 6.54 Å². The number of amides is 1. The Balaban J connectivity index is 1.78. The molecule has 0 spiro atoms. The highest BCUT2D eigenvalue weighted by atomic mass is 35.5. The third kappa shape index (κ3) is 5.56. The lowest BCUT2D eigenvalue weighted by molar-refractivity contribution is 0.0977. The van der Waals surface area contributed by atoms with Gasteiger partial charge in [-0.3, -0.25) is 15.1 Å². The third-order valence-corrected chi connectivity index (χ3v) is 4.11. The van der Waals surface area contributed by atoms with Crippen molar-refractivity contribution >= 4 is 29.2 Å². The van der Waals surface area contributed by atoms with Gasteiger partial charge in [0.25, 0.3) is 5.91 Å². The fourth-order valence-electron chi connectivity index (χ4n) is 2.36. The second kappa shape index (κ2) is 9.53. The number of hydrogen-bond acceptors (Lipinski definition) is 4. The highest BCUT2D eigenvalue weighted by molar-refractivity contribution is 6.30. The van der Waals surface area contributed by atoms with Crippen LogP contribution in [0.2, 0.25) is 5.02 Å². The Morgan fingerprint density at radius 2 is 1.71 bits per heavy atom. The lowest BCUT2D eigenvalue weighted by Gasteiger charge is -2.12. The number of benzene rings is 2. The maximum absolute atomic E-state index is 12.6. The lowest BCUT2D eigenvalue weighted by Crippen LogP contribution is -2.36. The van der Waals surface area contributed by atoms with Gasteiger partial charge in [-0.2, -0.15) is 0 Å². The zero-order valence-electron chi connectivity index (χ0n) is 15.2. The van der Waals surface area contributed by atoms with Crippen LogP contribution in [0.15, 0.2) is 78.0 Å². The summed E-state index contributed by atoms with van der Waals surface area (Å²) in [5.74, 6) is 0.791. The zero-order chi connectivity index (χ0) is 19.8. The van der Waals surface area contributed by atoms with E-state index in [4.69, 9.17) is 16.3 Å². The monoisotopic (exact) mass is 394 g/mol. The van der Waals surface area contributed by atoms with Gasteiger partial charge in [0.1, 0.15) is 5.75 Å². The van der Waals surface area contributed by atoms with E-state index in [1.165, 1.54) is 0 Å². The van der Waals surface area contributed by atoms with Gasteiger partial charge in [0.2, 0.25) is 5.96 Å². The predicted octanol–water partition coefficient (Wildman–Crippen LogP) is 4.14. The van der Waals surface area contributed by atoms with Gasteiger partial charge >= 0.3 is 0 Å². The molecular formula is C21H19ClN4O2. The van der Waals surface area contributed by atoms with Crippen LogP contribution < -0.4 is 15.4 Å². The highest BCUT2D eigenvalue weighted by Gasteiger charge is 2.09. The second-order valence-electron chi connectivity index (χ2n) is 5.83. The molecule has 142 valence electrons. The normalized spacial score (nSPS) is 11.0. The summed E-state index contributed by atoms with van der Waals surface area (Å²) in [4.78, 5) is 21.1. The number of aromatic nitrogens is 1. The average Bonchev–Trinajstić information content (AvgIpc) is 2.73. The van der Waals surface area contributed by atoms with Gasteiger partial charge in [0.15, 0.2) is 0 Å². The molecule has 7 heteroatoms. The Bertz CT molecular complexity index is 942. The molecule has 2 aromatic carbocycles. The number of pyridine rings is 1. The standard InChI is InChI=1S/C21H19ClN4O2/c1-28-19-8-6-18(7-9-19)25-21(24-14-15-10-12-23-13-11-15)26-20(27)16-2-4-17(22)5-3-16/h2-13H,14H2,1H3,(H2,24,25,26,27). The van der Waals surface area contributed by atoms with E-state index in [0.717, 1.165) is 17.0 Å². The molecule has 3 rings (SSSR count). The summed E-state index contributed by atoms with van der Waals surface area (Å²) < 4.78 is 5.17. The van der Waals surface area contributed by atoms with Crippen molar-refractivity contribution in [3.05, 3.63) is 89.2 Å².